The number of para-hydroxylation sites is 1. The fourth-order valence-electron chi connectivity index (χ4n) is 4.16. The average molecular weight is 552 g/mol. The highest BCUT2D eigenvalue weighted by molar-refractivity contribution is 6.43. The molecule has 12 heteroatoms. The summed E-state index contributed by atoms with van der Waals surface area (Å²) in [7, 11) is 4.65. The van der Waals surface area contributed by atoms with Crippen LogP contribution in [0.1, 0.15) is 17.3 Å². The highest BCUT2D eigenvalue weighted by Crippen LogP contribution is 2.33. The summed E-state index contributed by atoms with van der Waals surface area (Å²) in [5.41, 5.74) is 2.21. The van der Waals surface area contributed by atoms with Gasteiger partial charge in [0, 0.05) is 59.0 Å². The third kappa shape index (κ3) is 6.37. The summed E-state index contributed by atoms with van der Waals surface area (Å²) in [4.78, 5) is 50.6. The van der Waals surface area contributed by atoms with E-state index < -0.39 is 11.7 Å². The molecule has 1 aliphatic rings. The van der Waals surface area contributed by atoms with Gasteiger partial charge >= 0.3 is 0 Å². The maximum atomic E-state index is 12.7. The van der Waals surface area contributed by atoms with Gasteiger partial charge in [0.25, 0.3) is 11.7 Å². The third-order valence-corrected chi connectivity index (χ3v) is 6.55. The van der Waals surface area contributed by atoms with E-state index in [0.29, 0.717) is 43.3 Å². The largest absolute Gasteiger partial charge is 0.495 e. The number of ether oxygens (including phenoxy) is 1. The van der Waals surface area contributed by atoms with E-state index in [2.05, 4.69) is 25.5 Å². The molecule has 1 aliphatic heterocycles. The molecule has 204 valence electrons. The molecule has 39 heavy (non-hydrogen) atoms. The Morgan fingerprint density at radius 3 is 2.41 bits per heavy atom. The van der Waals surface area contributed by atoms with Crippen LogP contribution in [0, 0.1) is 0 Å². The van der Waals surface area contributed by atoms with E-state index in [4.69, 9.17) is 16.3 Å². The first-order chi connectivity index (χ1) is 18.7. The van der Waals surface area contributed by atoms with Gasteiger partial charge in [-0.2, -0.15) is 4.98 Å². The predicted molar refractivity (Wildman–Crippen MR) is 151 cm³/mol. The van der Waals surface area contributed by atoms with E-state index in [-0.39, 0.29) is 28.3 Å². The van der Waals surface area contributed by atoms with Crippen molar-refractivity contribution in [3.05, 3.63) is 59.2 Å². The fraction of sp³-hybridized carbons (Fsp3) is 0.296. The zero-order chi connectivity index (χ0) is 28.1. The lowest BCUT2D eigenvalue weighted by Crippen LogP contribution is -2.48. The molecule has 2 amide bonds. The number of aromatic nitrogens is 2. The summed E-state index contributed by atoms with van der Waals surface area (Å²) in [6.07, 6.45) is 1.44. The second-order valence-corrected chi connectivity index (χ2v) is 9.50. The van der Waals surface area contributed by atoms with Gasteiger partial charge in [0.15, 0.2) is 5.82 Å². The van der Waals surface area contributed by atoms with Crippen LogP contribution in [-0.2, 0) is 9.59 Å². The Bertz CT molecular complexity index is 1390. The summed E-state index contributed by atoms with van der Waals surface area (Å²) in [6, 6.07) is 12.3. The van der Waals surface area contributed by atoms with E-state index in [1.165, 1.54) is 25.2 Å². The number of carbonyl (C=O) groups excluding carboxylic acids is 3. The van der Waals surface area contributed by atoms with Crippen LogP contribution >= 0.6 is 11.6 Å². The number of methoxy groups -OCH3 is 1. The Labute approximate surface area is 231 Å². The van der Waals surface area contributed by atoms with Crippen LogP contribution in [-0.4, -0.2) is 84.7 Å². The van der Waals surface area contributed by atoms with Gasteiger partial charge in [-0.1, -0.05) is 23.7 Å². The molecule has 3 aromatic rings. The van der Waals surface area contributed by atoms with Crippen LogP contribution in [0.4, 0.5) is 28.8 Å². The van der Waals surface area contributed by atoms with Crippen LogP contribution in [0.15, 0.2) is 48.7 Å². The summed E-state index contributed by atoms with van der Waals surface area (Å²) in [6.45, 7) is 4.32. The van der Waals surface area contributed by atoms with Gasteiger partial charge in [0.05, 0.1) is 30.2 Å². The number of anilines is 5. The van der Waals surface area contributed by atoms with Gasteiger partial charge in [0.2, 0.25) is 11.9 Å². The summed E-state index contributed by atoms with van der Waals surface area (Å²) in [5.74, 6) is -0.0182. The highest BCUT2D eigenvalue weighted by Gasteiger charge is 2.23. The number of Topliss-reactive ketones (excluding diaryl/α,β-unsaturated/α-hetero) is 1. The van der Waals surface area contributed by atoms with Gasteiger partial charge < -0.3 is 30.1 Å². The first-order valence-corrected chi connectivity index (χ1v) is 12.7. The zero-order valence-electron chi connectivity index (χ0n) is 22.2. The lowest BCUT2D eigenvalue weighted by Gasteiger charge is -2.36. The van der Waals surface area contributed by atoms with Crippen molar-refractivity contribution in [2.45, 2.75) is 6.92 Å². The van der Waals surface area contributed by atoms with Crippen molar-refractivity contribution in [3.8, 4) is 5.75 Å². The number of benzene rings is 2. The molecule has 1 aromatic heterocycles. The van der Waals surface area contributed by atoms with Crippen molar-refractivity contribution >= 4 is 58.0 Å². The maximum absolute atomic E-state index is 12.7. The standard InChI is InChI=1S/C27H30ClN7O4/c1-17(36)34-11-13-35(14-12-34)22-10-9-18(15-23(22)39-4)30-27-29-16-20(28)25(32-27)31-21-8-6-5-7-19(21)24(37)26(38)33(2)3/h5-10,15-16H,11-14H2,1-4H3,(H2,29,30,31,32). The first kappa shape index (κ1) is 27.6. The van der Waals surface area contributed by atoms with E-state index in [0.717, 1.165) is 5.69 Å². The number of nitrogens with zero attached hydrogens (tertiary/aromatic N) is 5. The van der Waals surface area contributed by atoms with Crippen molar-refractivity contribution < 1.29 is 19.1 Å². The molecular formula is C27H30ClN7O4. The van der Waals surface area contributed by atoms with E-state index in [9.17, 15) is 14.4 Å². The van der Waals surface area contributed by atoms with Crippen molar-refractivity contribution in [2.24, 2.45) is 0 Å². The van der Waals surface area contributed by atoms with Crippen molar-refractivity contribution in [1.82, 2.24) is 19.8 Å². The molecule has 2 aromatic carbocycles. The molecule has 0 bridgehead atoms. The lowest BCUT2D eigenvalue weighted by molar-refractivity contribution is -0.129. The molecule has 0 aliphatic carbocycles. The second-order valence-electron chi connectivity index (χ2n) is 9.09. The van der Waals surface area contributed by atoms with E-state index >= 15 is 0 Å². The molecule has 0 saturated carbocycles. The topological polar surface area (TPSA) is 120 Å². The van der Waals surface area contributed by atoms with Crippen LogP contribution in [0.25, 0.3) is 0 Å². The van der Waals surface area contributed by atoms with Crippen LogP contribution in [0.5, 0.6) is 5.75 Å². The number of hydrogen-bond donors (Lipinski definition) is 2. The molecule has 0 atom stereocenters. The number of nitrogens with one attached hydrogen (secondary N) is 2. The minimum atomic E-state index is -0.651. The third-order valence-electron chi connectivity index (χ3n) is 6.27. The molecule has 1 fully saturated rings. The zero-order valence-corrected chi connectivity index (χ0v) is 23.0. The minimum Gasteiger partial charge on any atom is -0.495 e. The molecule has 2 heterocycles. The average Bonchev–Trinajstić information content (AvgIpc) is 2.94. The fourth-order valence-corrected chi connectivity index (χ4v) is 4.30. The molecule has 11 nitrogen and oxygen atoms in total. The van der Waals surface area contributed by atoms with E-state index in [1.54, 1.807) is 38.3 Å². The number of rotatable bonds is 8. The Kier molecular flexibility index (Phi) is 8.50. The van der Waals surface area contributed by atoms with Crippen LogP contribution in [0.2, 0.25) is 5.02 Å². The van der Waals surface area contributed by atoms with Gasteiger partial charge in [-0.15, -0.1) is 0 Å². The molecule has 0 unspecified atom stereocenters. The number of halogens is 1. The SMILES string of the molecule is COc1cc(Nc2ncc(Cl)c(Nc3ccccc3C(=O)C(=O)N(C)C)n2)ccc1N1CCN(C(C)=O)CC1. The van der Waals surface area contributed by atoms with Gasteiger partial charge in [-0.3, -0.25) is 14.4 Å². The van der Waals surface area contributed by atoms with E-state index in [1.807, 2.05) is 23.1 Å². The summed E-state index contributed by atoms with van der Waals surface area (Å²) in [5, 5.41) is 6.44. The minimum absolute atomic E-state index is 0.0788. The highest BCUT2D eigenvalue weighted by atomic mass is 35.5. The number of amides is 2. The van der Waals surface area contributed by atoms with Crippen molar-refractivity contribution in [2.75, 3.05) is 62.9 Å². The monoisotopic (exact) mass is 551 g/mol. The van der Waals surface area contributed by atoms with Crippen molar-refractivity contribution in [1.29, 1.82) is 0 Å². The Morgan fingerprint density at radius 2 is 1.74 bits per heavy atom. The Morgan fingerprint density at radius 1 is 1.03 bits per heavy atom. The number of ketones is 1. The molecular weight excluding hydrogens is 522 g/mol. The second kappa shape index (κ2) is 12.0. The number of piperazine rings is 1. The maximum Gasteiger partial charge on any atom is 0.294 e. The van der Waals surface area contributed by atoms with Gasteiger partial charge in [-0.25, -0.2) is 4.98 Å². The molecule has 0 spiro atoms. The summed E-state index contributed by atoms with van der Waals surface area (Å²) >= 11 is 6.35. The predicted octanol–water partition coefficient (Wildman–Crippen LogP) is 3.57. The normalized spacial score (nSPS) is 13.1. The number of hydrogen-bond acceptors (Lipinski definition) is 9. The lowest BCUT2D eigenvalue weighted by atomic mass is 10.1. The smallest absolute Gasteiger partial charge is 0.294 e. The van der Waals surface area contributed by atoms with Crippen LogP contribution < -0.4 is 20.3 Å². The van der Waals surface area contributed by atoms with Gasteiger partial charge in [0.1, 0.15) is 10.8 Å². The van der Waals surface area contributed by atoms with Crippen LogP contribution in [0.3, 0.4) is 0 Å². The first-order valence-electron chi connectivity index (χ1n) is 12.3. The molecule has 0 radical (unpaired) electrons. The summed E-state index contributed by atoms with van der Waals surface area (Å²) < 4.78 is 5.65. The van der Waals surface area contributed by atoms with Crippen molar-refractivity contribution in [3.63, 3.8) is 0 Å². The quantitative estimate of drug-likeness (QED) is 0.320. The number of likely N-dealkylation sites (N-methyl/N-ethyl adjacent to an activating group) is 1. The molecule has 1 saturated heterocycles. The molecule has 2 N–H and O–H groups in total. The van der Waals surface area contributed by atoms with Gasteiger partial charge in [-0.05, 0) is 24.3 Å². The Hall–Kier alpha value is -4.38. The molecule has 4 rings (SSSR count). The number of carbonyl (C=O) groups is 3. The Balaban J connectivity index is 1.53.